The van der Waals surface area contributed by atoms with Crippen molar-refractivity contribution in [1.29, 1.82) is 0 Å². The van der Waals surface area contributed by atoms with E-state index in [1.807, 2.05) is 12.2 Å². The van der Waals surface area contributed by atoms with Crippen molar-refractivity contribution in [1.82, 2.24) is 14.8 Å². The molecule has 7 rings (SSSR count). The SMILES string of the molecule is CC(C)[Si](C(C)C)(C(C)C)C1C(=O)C=C2C(=CC34Cc5c[nH]cc5CC35CC3=C(C(=O)CC=C3)N5C=PCN24)C1=O. The van der Waals surface area contributed by atoms with Gasteiger partial charge in [-0.1, -0.05) is 61.9 Å². The Labute approximate surface area is 245 Å². The summed E-state index contributed by atoms with van der Waals surface area (Å²) in [5.41, 5.74) is 5.37. The Balaban J connectivity index is 1.45. The molecule has 214 valence electrons. The molecule has 2 spiro atoms. The molecule has 41 heavy (non-hydrogen) atoms. The highest BCUT2D eigenvalue weighted by Crippen LogP contribution is 2.61. The quantitative estimate of drug-likeness (QED) is 0.263. The third-order valence-corrected chi connectivity index (χ3v) is 19.9. The number of Topliss-reactive ketones (excluding diaryl/α,β-unsaturated/α-hetero) is 2. The number of carbonyl (C=O) groups excluding carboxylic acids is 3. The van der Waals surface area contributed by atoms with Gasteiger partial charge in [0, 0.05) is 55.6 Å². The van der Waals surface area contributed by atoms with Gasteiger partial charge in [-0.2, -0.15) is 0 Å². The largest absolute Gasteiger partial charge is 0.367 e. The highest BCUT2D eigenvalue weighted by molar-refractivity contribution is 7.38. The summed E-state index contributed by atoms with van der Waals surface area (Å²) in [6.07, 6.45) is 15.8. The maximum absolute atomic E-state index is 14.8. The lowest BCUT2D eigenvalue weighted by Gasteiger charge is -2.56. The van der Waals surface area contributed by atoms with E-state index in [0.29, 0.717) is 29.3 Å². The average Bonchev–Trinajstić information content (AvgIpc) is 3.54. The van der Waals surface area contributed by atoms with Crippen LogP contribution in [0.15, 0.2) is 59.2 Å². The van der Waals surface area contributed by atoms with Crippen molar-refractivity contribution >= 4 is 39.5 Å². The lowest BCUT2D eigenvalue weighted by Crippen LogP contribution is -2.69. The molecule has 0 saturated carbocycles. The standard InChI is InChI=1S/C33H40N3O3PSi/c1-19(2)41(20(3)4,21(5)6)31-28(38)10-26-25(30(31)39)14-33-13-24-16-34-15-23(24)12-32(33)11-22-8-7-9-27(37)29(22)36(32)18-40-17-35(26)33/h7-8,10,14-16,18-21,31,34H,9,11-13,17H2,1-6H3. The number of allylic oxidation sites excluding steroid dienone is 5. The summed E-state index contributed by atoms with van der Waals surface area (Å²) in [5.74, 6) is 2.43. The Morgan fingerprint density at radius 3 is 2.34 bits per heavy atom. The summed E-state index contributed by atoms with van der Waals surface area (Å²) in [5, 5.41) is 0. The fraction of sp³-hybridized carbons (Fsp3) is 0.515. The summed E-state index contributed by atoms with van der Waals surface area (Å²) >= 11 is 0. The molecule has 3 atom stereocenters. The topological polar surface area (TPSA) is 73.5 Å². The third-order valence-electron chi connectivity index (χ3n) is 11.5. The van der Waals surface area contributed by atoms with E-state index in [9.17, 15) is 14.4 Å². The molecule has 0 amide bonds. The normalized spacial score (nSPS) is 30.8. The average molecular weight is 586 g/mol. The Bertz CT molecular complexity index is 1540. The lowest BCUT2D eigenvalue weighted by molar-refractivity contribution is -0.123. The second kappa shape index (κ2) is 8.87. The zero-order chi connectivity index (χ0) is 29.1. The molecule has 6 aliphatic rings. The van der Waals surface area contributed by atoms with Crippen LogP contribution in [0.2, 0.25) is 22.2 Å². The zero-order valence-electron chi connectivity index (χ0n) is 25.0. The van der Waals surface area contributed by atoms with Crippen LogP contribution in [0.4, 0.5) is 0 Å². The van der Waals surface area contributed by atoms with Gasteiger partial charge in [0.05, 0.1) is 42.4 Å². The van der Waals surface area contributed by atoms with E-state index in [2.05, 4.69) is 86.8 Å². The van der Waals surface area contributed by atoms with Crippen LogP contribution in [-0.2, 0) is 27.2 Å². The summed E-state index contributed by atoms with van der Waals surface area (Å²) in [6, 6.07) is 0. The highest BCUT2D eigenvalue weighted by Gasteiger charge is 2.67. The number of aromatic nitrogens is 1. The highest BCUT2D eigenvalue weighted by atomic mass is 31.1. The molecule has 0 bridgehead atoms. The van der Waals surface area contributed by atoms with E-state index in [1.54, 1.807) is 0 Å². The molecule has 1 aromatic rings. The first kappa shape index (κ1) is 27.1. The van der Waals surface area contributed by atoms with Gasteiger partial charge in [0.1, 0.15) is 0 Å². The van der Waals surface area contributed by atoms with Crippen molar-refractivity contribution in [2.45, 2.75) is 100 Å². The van der Waals surface area contributed by atoms with Gasteiger partial charge in [-0.25, -0.2) is 0 Å². The maximum atomic E-state index is 14.8. The Morgan fingerprint density at radius 1 is 0.976 bits per heavy atom. The molecular formula is C33H40N3O3PSi. The van der Waals surface area contributed by atoms with E-state index < -0.39 is 24.7 Å². The second-order valence-corrected chi connectivity index (χ2v) is 20.8. The fourth-order valence-electron chi connectivity index (χ4n) is 10.1. The van der Waals surface area contributed by atoms with Crippen LogP contribution in [0.3, 0.4) is 0 Å². The molecule has 6 nitrogen and oxygen atoms in total. The van der Waals surface area contributed by atoms with Crippen molar-refractivity contribution in [3.8, 4) is 0 Å². The van der Waals surface area contributed by atoms with Crippen LogP contribution in [0.5, 0.6) is 0 Å². The van der Waals surface area contributed by atoms with Gasteiger partial charge in [-0.3, -0.25) is 14.4 Å². The number of fused-ring (bicyclic) bond motifs is 4. The minimum Gasteiger partial charge on any atom is -0.367 e. The number of hydrogen-bond donors (Lipinski definition) is 1. The number of H-pyrrole nitrogens is 1. The fourth-order valence-corrected chi connectivity index (χ4v) is 18.4. The monoisotopic (exact) mass is 585 g/mol. The first-order chi connectivity index (χ1) is 19.5. The van der Waals surface area contributed by atoms with Crippen molar-refractivity contribution < 1.29 is 14.4 Å². The molecule has 3 aliphatic carbocycles. The molecular weight excluding hydrogens is 545 g/mol. The number of nitrogens with zero attached hydrogens (tertiary/aromatic N) is 2. The maximum Gasteiger partial charge on any atom is 0.183 e. The third kappa shape index (κ3) is 3.20. The first-order valence-electron chi connectivity index (χ1n) is 15.2. The van der Waals surface area contributed by atoms with Gasteiger partial charge in [-0.15, -0.1) is 0 Å². The molecule has 0 fully saturated rings. The lowest BCUT2D eigenvalue weighted by atomic mass is 9.63. The predicted molar refractivity (Wildman–Crippen MR) is 167 cm³/mol. The molecule has 3 aliphatic heterocycles. The minimum absolute atomic E-state index is 0.0119. The van der Waals surface area contributed by atoms with Crippen LogP contribution in [-0.4, -0.2) is 63.5 Å². The molecule has 1 N–H and O–H groups in total. The van der Waals surface area contributed by atoms with Gasteiger partial charge in [-0.05, 0) is 39.4 Å². The number of carbonyl (C=O) groups is 3. The molecule has 1 aromatic heterocycles. The van der Waals surface area contributed by atoms with E-state index in [-0.39, 0.29) is 17.3 Å². The van der Waals surface area contributed by atoms with E-state index >= 15 is 0 Å². The van der Waals surface area contributed by atoms with Crippen molar-refractivity contribution in [2.24, 2.45) is 0 Å². The second-order valence-electron chi connectivity index (χ2n) is 13.9. The Kier molecular flexibility index (Phi) is 5.86. The van der Waals surface area contributed by atoms with Crippen LogP contribution in [0.1, 0.15) is 65.5 Å². The van der Waals surface area contributed by atoms with Crippen LogP contribution in [0, 0.1) is 0 Å². The molecule has 3 unspecified atom stereocenters. The van der Waals surface area contributed by atoms with Gasteiger partial charge >= 0.3 is 0 Å². The smallest absolute Gasteiger partial charge is 0.183 e. The van der Waals surface area contributed by atoms with E-state index in [1.165, 1.54) is 11.1 Å². The number of hydrogen-bond acceptors (Lipinski definition) is 5. The molecule has 8 heteroatoms. The first-order valence-corrected chi connectivity index (χ1v) is 18.6. The molecule has 0 radical (unpaired) electrons. The molecule has 4 heterocycles. The van der Waals surface area contributed by atoms with E-state index in [0.717, 1.165) is 50.0 Å². The summed E-state index contributed by atoms with van der Waals surface area (Å²) in [7, 11) is -1.36. The van der Waals surface area contributed by atoms with Crippen LogP contribution < -0.4 is 0 Å². The Morgan fingerprint density at radius 2 is 1.66 bits per heavy atom. The summed E-state index contributed by atoms with van der Waals surface area (Å²) < 4.78 is 0. The van der Waals surface area contributed by atoms with Gasteiger partial charge < -0.3 is 14.8 Å². The van der Waals surface area contributed by atoms with Gasteiger partial charge in [0.15, 0.2) is 17.3 Å². The minimum atomic E-state index is -2.42. The van der Waals surface area contributed by atoms with Gasteiger partial charge in [0.25, 0.3) is 0 Å². The Hall–Kier alpha value is -2.76. The number of rotatable bonds is 4. The van der Waals surface area contributed by atoms with E-state index in [4.69, 9.17) is 0 Å². The summed E-state index contributed by atoms with van der Waals surface area (Å²) in [6.45, 7) is 13.4. The van der Waals surface area contributed by atoms with Gasteiger partial charge in [0.2, 0.25) is 0 Å². The zero-order valence-corrected chi connectivity index (χ0v) is 26.8. The predicted octanol–water partition coefficient (Wildman–Crippen LogP) is 6.08. The molecule has 0 saturated heterocycles. The van der Waals surface area contributed by atoms with Crippen molar-refractivity contribution in [3.05, 3.63) is 70.4 Å². The van der Waals surface area contributed by atoms with Crippen LogP contribution in [0.25, 0.3) is 0 Å². The molecule has 0 aromatic carbocycles. The number of aromatic amines is 1. The van der Waals surface area contributed by atoms with Crippen molar-refractivity contribution in [2.75, 3.05) is 6.29 Å². The summed E-state index contributed by atoms with van der Waals surface area (Å²) in [4.78, 5) is 50.5. The number of nitrogens with one attached hydrogen (secondary N) is 1. The van der Waals surface area contributed by atoms with Crippen molar-refractivity contribution in [3.63, 3.8) is 0 Å². The number of ketones is 3. The van der Waals surface area contributed by atoms with Crippen LogP contribution >= 0.6 is 8.20 Å².